The Hall–Kier alpha value is -2.50. The van der Waals surface area contributed by atoms with Gasteiger partial charge in [0.05, 0.1) is 11.6 Å². The Kier molecular flexibility index (Phi) is 9.35. The molecule has 218 valence electrons. The fraction of sp³-hybridized carbons (Fsp3) is 0.459. The predicted octanol–water partition coefficient (Wildman–Crippen LogP) is 8.49. The molecule has 0 saturated carbocycles. The molecule has 3 aromatic rings. The largest absolute Gasteiger partial charge is 0.410 e. The maximum Gasteiger partial charge on any atom is 0.192 e. The van der Waals surface area contributed by atoms with Crippen LogP contribution in [0.1, 0.15) is 63.1 Å². The molecule has 3 aromatic carbocycles. The molecule has 2 heterocycles. The van der Waals surface area contributed by atoms with E-state index in [1.165, 1.54) is 54.6 Å². The van der Waals surface area contributed by atoms with E-state index in [4.69, 9.17) is 4.43 Å². The van der Waals surface area contributed by atoms with Gasteiger partial charge in [-0.1, -0.05) is 124 Å². The maximum atomic E-state index is 7.20. The van der Waals surface area contributed by atoms with Gasteiger partial charge in [0.15, 0.2) is 8.32 Å². The summed E-state index contributed by atoms with van der Waals surface area (Å²) in [5.74, 6) is 0. The Bertz CT molecular complexity index is 1160. The molecule has 0 bridgehead atoms. The van der Waals surface area contributed by atoms with Crippen molar-refractivity contribution in [3.8, 4) is 0 Å². The van der Waals surface area contributed by atoms with Gasteiger partial charge in [0, 0.05) is 19.6 Å². The summed E-state index contributed by atoms with van der Waals surface area (Å²) < 4.78 is 7.20. The molecule has 0 amide bonds. The van der Waals surface area contributed by atoms with Gasteiger partial charge in [-0.25, -0.2) is 0 Å². The lowest BCUT2D eigenvalue weighted by Gasteiger charge is -2.50. The molecule has 4 heteroatoms. The molecule has 0 aromatic heterocycles. The van der Waals surface area contributed by atoms with E-state index >= 15 is 0 Å². The quantitative estimate of drug-likeness (QED) is 0.154. The Morgan fingerprint density at radius 3 is 1.68 bits per heavy atom. The van der Waals surface area contributed by atoms with Crippen molar-refractivity contribution in [2.75, 3.05) is 32.7 Å². The summed E-state index contributed by atoms with van der Waals surface area (Å²) in [6.07, 6.45) is 7.73. The van der Waals surface area contributed by atoms with Crippen LogP contribution >= 0.6 is 0 Å². The first kappa shape index (κ1) is 30.0. The van der Waals surface area contributed by atoms with Crippen molar-refractivity contribution in [1.29, 1.82) is 0 Å². The number of likely N-dealkylation sites (tertiary alicyclic amines) is 2. The van der Waals surface area contributed by atoms with Crippen molar-refractivity contribution in [1.82, 2.24) is 9.80 Å². The standard InChI is InChI=1S/C37H50N2OSi/c1-36(2,3)41(4,5)40-35-25-29-39(30-31(35)24-28-38-26-16-9-17-27-38)37(32-18-10-6-11-19-32,33-20-12-7-13-21-33)34-22-14-8-15-23-34/h6-8,10-15,18-24,35H,9,16-17,25-30H2,1-5H3/b31-24+. The fourth-order valence-electron chi connectivity index (χ4n) is 6.48. The van der Waals surface area contributed by atoms with Gasteiger partial charge < -0.3 is 4.43 Å². The third kappa shape index (κ3) is 6.46. The second-order valence-corrected chi connectivity index (χ2v) is 18.3. The molecular weight excluding hydrogens is 517 g/mol. The molecule has 41 heavy (non-hydrogen) atoms. The number of hydrogen-bond donors (Lipinski definition) is 0. The number of hydrogen-bond acceptors (Lipinski definition) is 3. The molecule has 1 unspecified atom stereocenters. The van der Waals surface area contributed by atoms with Crippen LogP contribution in [0.15, 0.2) is 103 Å². The molecule has 0 spiro atoms. The number of rotatable bonds is 8. The maximum absolute atomic E-state index is 7.20. The number of benzene rings is 3. The van der Waals surface area contributed by atoms with Gasteiger partial charge >= 0.3 is 0 Å². The Morgan fingerprint density at radius 1 is 0.732 bits per heavy atom. The minimum absolute atomic E-state index is 0.178. The molecule has 2 saturated heterocycles. The van der Waals surface area contributed by atoms with Gasteiger partial charge in [-0.3, -0.25) is 9.80 Å². The summed E-state index contributed by atoms with van der Waals surface area (Å²) in [6.45, 7) is 17.2. The topological polar surface area (TPSA) is 15.7 Å². The van der Waals surface area contributed by atoms with Crippen LogP contribution in [0, 0.1) is 0 Å². The minimum Gasteiger partial charge on any atom is -0.410 e. The molecule has 3 nitrogen and oxygen atoms in total. The minimum atomic E-state index is -1.94. The highest BCUT2D eigenvalue weighted by molar-refractivity contribution is 6.74. The third-order valence-corrected chi connectivity index (χ3v) is 14.3. The number of piperidine rings is 2. The van der Waals surface area contributed by atoms with Crippen LogP contribution in [-0.4, -0.2) is 56.9 Å². The van der Waals surface area contributed by atoms with Gasteiger partial charge in [0.25, 0.3) is 0 Å². The molecule has 2 aliphatic heterocycles. The fourth-order valence-corrected chi connectivity index (χ4v) is 7.82. The van der Waals surface area contributed by atoms with Crippen molar-refractivity contribution in [3.63, 3.8) is 0 Å². The zero-order valence-electron chi connectivity index (χ0n) is 26.0. The van der Waals surface area contributed by atoms with Crippen molar-refractivity contribution in [2.24, 2.45) is 0 Å². The van der Waals surface area contributed by atoms with E-state index in [1.807, 2.05) is 0 Å². The van der Waals surface area contributed by atoms with Crippen LogP contribution in [0.5, 0.6) is 0 Å². The Balaban J connectivity index is 1.59. The SMILES string of the molecule is CC(C)(C)[Si](C)(C)OC1CCN(C(c2ccccc2)(c2ccccc2)c2ccccc2)C/C1=C\CN1CCCCC1. The average Bonchev–Trinajstić information content (AvgIpc) is 2.99. The summed E-state index contributed by atoms with van der Waals surface area (Å²) in [5.41, 5.74) is 5.01. The summed E-state index contributed by atoms with van der Waals surface area (Å²) in [7, 11) is -1.94. The van der Waals surface area contributed by atoms with E-state index < -0.39 is 13.9 Å². The van der Waals surface area contributed by atoms with Gasteiger partial charge in [-0.15, -0.1) is 0 Å². The van der Waals surface area contributed by atoms with Crippen molar-refractivity contribution >= 4 is 8.32 Å². The summed E-state index contributed by atoms with van der Waals surface area (Å²) in [5, 5.41) is 0.185. The van der Waals surface area contributed by atoms with E-state index in [2.05, 4.69) is 141 Å². The van der Waals surface area contributed by atoms with Crippen LogP contribution in [0.4, 0.5) is 0 Å². The molecule has 0 N–H and O–H groups in total. The molecule has 5 rings (SSSR count). The second-order valence-electron chi connectivity index (χ2n) is 13.5. The van der Waals surface area contributed by atoms with Crippen LogP contribution in [0.25, 0.3) is 0 Å². The monoisotopic (exact) mass is 566 g/mol. The predicted molar refractivity (Wildman–Crippen MR) is 176 cm³/mol. The molecule has 2 aliphatic rings. The van der Waals surface area contributed by atoms with Gasteiger partial charge in [0.2, 0.25) is 0 Å². The van der Waals surface area contributed by atoms with E-state index in [1.54, 1.807) is 0 Å². The highest BCUT2D eigenvalue weighted by Crippen LogP contribution is 2.45. The highest BCUT2D eigenvalue weighted by atomic mass is 28.4. The van der Waals surface area contributed by atoms with E-state index in [-0.39, 0.29) is 11.1 Å². The van der Waals surface area contributed by atoms with Crippen molar-refractivity contribution in [2.45, 2.75) is 76.2 Å². The molecule has 0 aliphatic carbocycles. The van der Waals surface area contributed by atoms with E-state index in [9.17, 15) is 0 Å². The lowest BCUT2D eigenvalue weighted by atomic mass is 9.74. The van der Waals surface area contributed by atoms with Gasteiger partial charge in [0.1, 0.15) is 0 Å². The van der Waals surface area contributed by atoms with E-state index in [0.717, 1.165) is 26.1 Å². The van der Waals surface area contributed by atoms with Gasteiger partial charge in [-0.05, 0) is 72.7 Å². The highest BCUT2D eigenvalue weighted by Gasteiger charge is 2.46. The van der Waals surface area contributed by atoms with E-state index in [0.29, 0.717) is 0 Å². The first-order valence-electron chi connectivity index (χ1n) is 15.7. The normalized spacial score (nSPS) is 20.8. The Morgan fingerprint density at radius 2 is 1.22 bits per heavy atom. The Labute approximate surface area is 250 Å². The van der Waals surface area contributed by atoms with Crippen LogP contribution in [0.3, 0.4) is 0 Å². The second kappa shape index (κ2) is 12.8. The average molecular weight is 567 g/mol. The molecule has 0 radical (unpaired) electrons. The summed E-state index contributed by atoms with van der Waals surface area (Å²) in [6, 6.07) is 33.4. The van der Waals surface area contributed by atoms with Crippen LogP contribution in [0.2, 0.25) is 18.1 Å². The molecule has 1 atom stereocenters. The molecule has 2 fully saturated rings. The summed E-state index contributed by atoms with van der Waals surface area (Å²) in [4.78, 5) is 5.37. The van der Waals surface area contributed by atoms with Crippen molar-refractivity contribution < 1.29 is 4.43 Å². The third-order valence-electron chi connectivity index (χ3n) is 9.80. The number of nitrogens with zero attached hydrogens (tertiary/aromatic N) is 2. The lowest BCUT2D eigenvalue weighted by molar-refractivity contribution is 0.0897. The van der Waals surface area contributed by atoms with Crippen LogP contribution in [-0.2, 0) is 9.96 Å². The summed E-state index contributed by atoms with van der Waals surface area (Å²) >= 11 is 0. The zero-order chi connectivity index (χ0) is 28.9. The molecular formula is C37H50N2OSi. The van der Waals surface area contributed by atoms with Crippen molar-refractivity contribution in [3.05, 3.63) is 119 Å². The lowest BCUT2D eigenvalue weighted by Crippen LogP contribution is -2.55. The van der Waals surface area contributed by atoms with Crippen LogP contribution < -0.4 is 0 Å². The van der Waals surface area contributed by atoms with Gasteiger partial charge in [-0.2, -0.15) is 0 Å². The zero-order valence-corrected chi connectivity index (χ0v) is 27.0. The first-order valence-corrected chi connectivity index (χ1v) is 18.6. The first-order chi connectivity index (χ1) is 19.7. The smallest absolute Gasteiger partial charge is 0.192 e.